The molecule has 0 unspecified atom stereocenters. The fourth-order valence-corrected chi connectivity index (χ4v) is 3.83. The molecule has 1 amide bonds. The predicted molar refractivity (Wildman–Crippen MR) is 119 cm³/mol. The molecular formula is C23H24N2O2S. The van der Waals surface area contributed by atoms with Crippen molar-refractivity contribution in [3.63, 3.8) is 0 Å². The minimum absolute atomic E-state index is 0.0323. The lowest BCUT2D eigenvalue weighted by Crippen LogP contribution is -2.12. The molecule has 0 aliphatic heterocycles. The minimum Gasteiger partial charge on any atom is -0.397 e. The molecule has 0 fully saturated rings. The number of ketones is 1. The summed E-state index contributed by atoms with van der Waals surface area (Å²) in [5.74, 6) is 1.44. The molecule has 0 saturated carbocycles. The Bertz CT molecular complexity index is 971. The minimum atomic E-state index is -0.0323. The number of rotatable bonds is 9. The lowest BCUT2D eigenvalue weighted by atomic mass is 10.1. The van der Waals surface area contributed by atoms with E-state index < -0.39 is 0 Å². The number of benzene rings is 3. The van der Waals surface area contributed by atoms with Crippen molar-refractivity contribution in [2.24, 2.45) is 0 Å². The van der Waals surface area contributed by atoms with Crippen LogP contribution in [0.15, 0.2) is 66.7 Å². The van der Waals surface area contributed by atoms with Gasteiger partial charge in [0.2, 0.25) is 5.91 Å². The number of anilines is 2. The number of carbonyl (C=O) groups excluding carboxylic acids is 2. The van der Waals surface area contributed by atoms with Gasteiger partial charge >= 0.3 is 0 Å². The van der Waals surface area contributed by atoms with Gasteiger partial charge < -0.3 is 11.1 Å². The summed E-state index contributed by atoms with van der Waals surface area (Å²) in [4.78, 5) is 24.3. The van der Waals surface area contributed by atoms with E-state index in [1.54, 1.807) is 23.9 Å². The molecule has 0 spiro atoms. The van der Waals surface area contributed by atoms with Crippen molar-refractivity contribution in [1.82, 2.24) is 0 Å². The van der Waals surface area contributed by atoms with Gasteiger partial charge in [0.05, 0.1) is 17.1 Å². The fourth-order valence-electron chi connectivity index (χ4n) is 2.92. The van der Waals surface area contributed by atoms with Crippen LogP contribution in [0, 0.1) is 0 Å². The number of nitrogens with one attached hydrogen (secondary N) is 1. The third-order valence-electron chi connectivity index (χ3n) is 4.48. The predicted octanol–water partition coefficient (Wildman–Crippen LogP) is 5.15. The van der Waals surface area contributed by atoms with E-state index in [2.05, 4.69) is 5.32 Å². The molecule has 3 aromatic carbocycles. The van der Waals surface area contributed by atoms with Gasteiger partial charge in [-0.05, 0) is 47.6 Å². The highest BCUT2D eigenvalue weighted by molar-refractivity contribution is 7.99. The van der Waals surface area contributed by atoms with Gasteiger partial charge in [-0.1, -0.05) is 48.5 Å². The third-order valence-corrected chi connectivity index (χ3v) is 5.53. The van der Waals surface area contributed by atoms with Crippen LogP contribution in [0.4, 0.5) is 11.4 Å². The standard InChI is InChI=1S/C23H24N2O2S/c24-20-9-3-4-10-21(20)25-23(27)11-5-6-14-28-16-22(26)19-13-12-17-7-1-2-8-18(17)15-19/h1-4,7-10,12-13,15H,5-6,11,14,16,24H2,(H,25,27). The lowest BCUT2D eigenvalue weighted by molar-refractivity contribution is -0.116. The second kappa shape index (κ2) is 9.95. The Hall–Kier alpha value is -2.79. The summed E-state index contributed by atoms with van der Waals surface area (Å²) in [6, 6.07) is 21.1. The largest absolute Gasteiger partial charge is 0.397 e. The third kappa shape index (κ3) is 5.60. The van der Waals surface area contributed by atoms with Gasteiger partial charge in [0.15, 0.2) is 5.78 Å². The Balaban J connectivity index is 1.34. The van der Waals surface area contributed by atoms with E-state index >= 15 is 0 Å². The molecule has 0 bridgehead atoms. The number of nitrogens with two attached hydrogens (primary N) is 1. The number of amides is 1. The number of Topliss-reactive ketones (excluding diaryl/α,β-unsaturated/α-hetero) is 1. The summed E-state index contributed by atoms with van der Waals surface area (Å²) >= 11 is 1.62. The van der Waals surface area contributed by atoms with Crippen LogP contribution in [-0.2, 0) is 4.79 Å². The Labute approximate surface area is 169 Å². The molecule has 144 valence electrons. The zero-order chi connectivity index (χ0) is 19.8. The maximum absolute atomic E-state index is 12.4. The van der Waals surface area contributed by atoms with Crippen LogP contribution in [-0.4, -0.2) is 23.2 Å². The van der Waals surface area contributed by atoms with Crippen LogP contribution >= 0.6 is 11.8 Å². The van der Waals surface area contributed by atoms with E-state index in [0.717, 1.165) is 34.9 Å². The number of nitrogen functional groups attached to an aromatic ring is 1. The average molecular weight is 393 g/mol. The topological polar surface area (TPSA) is 72.2 Å². The number of carbonyl (C=O) groups is 2. The average Bonchev–Trinajstić information content (AvgIpc) is 2.71. The first kappa shape index (κ1) is 20.0. The Morgan fingerprint density at radius 2 is 1.64 bits per heavy atom. The van der Waals surface area contributed by atoms with Crippen molar-refractivity contribution in [2.75, 3.05) is 22.6 Å². The number of para-hydroxylation sites is 2. The molecule has 4 nitrogen and oxygen atoms in total. The SMILES string of the molecule is Nc1ccccc1NC(=O)CCCCSCC(=O)c1ccc2ccccc2c1. The smallest absolute Gasteiger partial charge is 0.224 e. The van der Waals surface area contributed by atoms with E-state index in [1.165, 1.54) is 0 Å². The number of unbranched alkanes of at least 4 members (excludes halogenated alkanes) is 1. The number of thioether (sulfide) groups is 1. The van der Waals surface area contributed by atoms with Crippen molar-refractivity contribution >= 4 is 45.6 Å². The maximum Gasteiger partial charge on any atom is 0.224 e. The summed E-state index contributed by atoms with van der Waals surface area (Å²) in [6.07, 6.45) is 2.14. The number of fused-ring (bicyclic) bond motifs is 1. The van der Waals surface area contributed by atoms with Crippen LogP contribution in [0.1, 0.15) is 29.6 Å². The maximum atomic E-state index is 12.4. The van der Waals surface area contributed by atoms with Crippen LogP contribution < -0.4 is 11.1 Å². The highest BCUT2D eigenvalue weighted by Gasteiger charge is 2.08. The molecule has 0 heterocycles. The fraction of sp³-hybridized carbons (Fsp3) is 0.217. The second-order valence-corrected chi connectivity index (χ2v) is 7.74. The molecule has 0 radical (unpaired) electrons. The van der Waals surface area contributed by atoms with Crippen molar-refractivity contribution in [3.8, 4) is 0 Å². The molecule has 3 rings (SSSR count). The molecule has 5 heteroatoms. The van der Waals surface area contributed by atoms with Gasteiger partial charge in [-0.15, -0.1) is 0 Å². The molecule has 3 aromatic rings. The molecule has 0 aliphatic carbocycles. The summed E-state index contributed by atoms with van der Waals surface area (Å²) in [6.45, 7) is 0. The summed E-state index contributed by atoms with van der Waals surface area (Å²) in [5, 5.41) is 5.06. The van der Waals surface area contributed by atoms with E-state index in [9.17, 15) is 9.59 Å². The summed E-state index contributed by atoms with van der Waals surface area (Å²) < 4.78 is 0. The molecule has 0 saturated heterocycles. The van der Waals surface area contributed by atoms with Crippen molar-refractivity contribution in [1.29, 1.82) is 0 Å². The van der Waals surface area contributed by atoms with Gasteiger partial charge in [0.25, 0.3) is 0 Å². The molecule has 0 aromatic heterocycles. The van der Waals surface area contributed by atoms with Crippen molar-refractivity contribution < 1.29 is 9.59 Å². The Morgan fingerprint density at radius 3 is 2.46 bits per heavy atom. The summed E-state index contributed by atoms with van der Waals surface area (Å²) in [5.41, 5.74) is 7.80. The zero-order valence-corrected chi connectivity index (χ0v) is 16.5. The normalized spacial score (nSPS) is 10.7. The molecule has 28 heavy (non-hydrogen) atoms. The van der Waals surface area contributed by atoms with E-state index in [1.807, 2.05) is 54.6 Å². The molecule has 0 aliphatic rings. The molecule has 3 N–H and O–H groups in total. The zero-order valence-electron chi connectivity index (χ0n) is 15.7. The van der Waals surface area contributed by atoms with Gasteiger partial charge in [-0.2, -0.15) is 11.8 Å². The van der Waals surface area contributed by atoms with Crippen LogP contribution in [0.3, 0.4) is 0 Å². The van der Waals surface area contributed by atoms with Gasteiger partial charge in [-0.25, -0.2) is 0 Å². The van der Waals surface area contributed by atoms with Crippen molar-refractivity contribution in [2.45, 2.75) is 19.3 Å². The first-order valence-electron chi connectivity index (χ1n) is 9.37. The Kier molecular flexibility index (Phi) is 7.09. The van der Waals surface area contributed by atoms with Gasteiger partial charge in [0.1, 0.15) is 0 Å². The highest BCUT2D eigenvalue weighted by Crippen LogP contribution is 2.19. The van der Waals surface area contributed by atoms with E-state index in [0.29, 0.717) is 23.5 Å². The quantitative estimate of drug-likeness (QED) is 0.300. The van der Waals surface area contributed by atoms with Crippen LogP contribution in [0.2, 0.25) is 0 Å². The van der Waals surface area contributed by atoms with Crippen LogP contribution in [0.5, 0.6) is 0 Å². The summed E-state index contributed by atoms with van der Waals surface area (Å²) in [7, 11) is 0. The highest BCUT2D eigenvalue weighted by atomic mass is 32.2. The number of hydrogen-bond donors (Lipinski definition) is 2. The lowest BCUT2D eigenvalue weighted by Gasteiger charge is -2.07. The first-order chi connectivity index (χ1) is 13.6. The first-order valence-corrected chi connectivity index (χ1v) is 10.5. The molecule has 0 atom stereocenters. The Morgan fingerprint density at radius 1 is 0.893 bits per heavy atom. The molecular weight excluding hydrogens is 368 g/mol. The van der Waals surface area contributed by atoms with E-state index in [4.69, 9.17) is 5.73 Å². The van der Waals surface area contributed by atoms with E-state index in [-0.39, 0.29) is 11.7 Å². The number of hydrogen-bond acceptors (Lipinski definition) is 4. The van der Waals surface area contributed by atoms with Gasteiger partial charge in [-0.3, -0.25) is 9.59 Å². The van der Waals surface area contributed by atoms with Crippen LogP contribution in [0.25, 0.3) is 10.8 Å². The second-order valence-electron chi connectivity index (χ2n) is 6.63. The van der Waals surface area contributed by atoms with Crippen molar-refractivity contribution in [3.05, 3.63) is 72.3 Å². The monoisotopic (exact) mass is 392 g/mol. The van der Waals surface area contributed by atoms with Gasteiger partial charge in [0, 0.05) is 12.0 Å².